The van der Waals surface area contributed by atoms with E-state index in [-0.39, 0.29) is 11.6 Å². The largest absolute Gasteiger partial charge is 0.456 e. The SMILES string of the molecule is N/C(=N/O)c1ccc(Oc2cc(F)cc(F)c2)c(Br)c1. The van der Waals surface area contributed by atoms with Crippen LogP contribution in [-0.4, -0.2) is 11.0 Å². The molecular weight excluding hydrogens is 334 g/mol. The Labute approximate surface area is 121 Å². The van der Waals surface area contributed by atoms with E-state index in [2.05, 4.69) is 21.1 Å². The highest BCUT2D eigenvalue weighted by molar-refractivity contribution is 9.10. The Kier molecular flexibility index (Phi) is 4.19. The van der Waals surface area contributed by atoms with Crippen molar-refractivity contribution in [3.05, 3.63) is 58.1 Å². The minimum absolute atomic E-state index is 0.0275. The fourth-order valence-corrected chi connectivity index (χ4v) is 1.97. The molecule has 2 aromatic carbocycles. The fraction of sp³-hybridized carbons (Fsp3) is 0. The van der Waals surface area contributed by atoms with Crippen LogP contribution in [0.5, 0.6) is 11.5 Å². The van der Waals surface area contributed by atoms with Crippen molar-refractivity contribution in [1.82, 2.24) is 0 Å². The standard InChI is InChI=1S/C13H9BrF2N2O2/c14-11-3-7(13(17)18-19)1-2-12(11)20-10-5-8(15)4-9(16)6-10/h1-6,19H,(H2,17,18). The van der Waals surface area contributed by atoms with Crippen LogP contribution in [0.1, 0.15) is 5.56 Å². The van der Waals surface area contributed by atoms with Gasteiger partial charge in [-0.15, -0.1) is 0 Å². The van der Waals surface area contributed by atoms with Crippen LogP contribution in [-0.2, 0) is 0 Å². The van der Waals surface area contributed by atoms with Crippen LogP contribution in [0.25, 0.3) is 0 Å². The third kappa shape index (κ3) is 3.24. The van der Waals surface area contributed by atoms with Gasteiger partial charge in [0.2, 0.25) is 0 Å². The molecule has 0 atom stereocenters. The Morgan fingerprint density at radius 3 is 2.35 bits per heavy atom. The van der Waals surface area contributed by atoms with Crippen molar-refractivity contribution < 1.29 is 18.7 Å². The second-order valence-electron chi connectivity index (χ2n) is 3.84. The second kappa shape index (κ2) is 5.87. The van der Waals surface area contributed by atoms with Gasteiger partial charge < -0.3 is 15.7 Å². The summed E-state index contributed by atoms with van der Waals surface area (Å²) in [7, 11) is 0. The zero-order valence-electron chi connectivity index (χ0n) is 9.98. The molecule has 104 valence electrons. The number of nitrogens with two attached hydrogens (primary N) is 1. The lowest BCUT2D eigenvalue weighted by atomic mass is 10.2. The predicted molar refractivity (Wildman–Crippen MR) is 73.1 cm³/mol. The zero-order chi connectivity index (χ0) is 14.7. The summed E-state index contributed by atoms with van der Waals surface area (Å²) in [6.45, 7) is 0. The number of ether oxygens (including phenoxy) is 1. The Morgan fingerprint density at radius 1 is 1.15 bits per heavy atom. The first-order chi connectivity index (χ1) is 9.49. The van der Waals surface area contributed by atoms with E-state index in [9.17, 15) is 8.78 Å². The monoisotopic (exact) mass is 342 g/mol. The van der Waals surface area contributed by atoms with E-state index in [1.165, 1.54) is 6.07 Å². The number of benzene rings is 2. The molecule has 0 bridgehead atoms. The van der Waals surface area contributed by atoms with Crippen molar-refractivity contribution in [1.29, 1.82) is 0 Å². The Morgan fingerprint density at radius 2 is 1.80 bits per heavy atom. The van der Waals surface area contributed by atoms with E-state index in [4.69, 9.17) is 15.7 Å². The molecule has 7 heteroatoms. The topological polar surface area (TPSA) is 67.8 Å². The molecule has 0 aliphatic rings. The summed E-state index contributed by atoms with van der Waals surface area (Å²) in [5.41, 5.74) is 5.91. The van der Waals surface area contributed by atoms with Gasteiger partial charge in [0.15, 0.2) is 5.84 Å². The lowest BCUT2D eigenvalue weighted by molar-refractivity contribution is 0.318. The molecule has 0 radical (unpaired) electrons. The molecule has 0 spiro atoms. The molecule has 2 rings (SSSR count). The Bertz CT molecular complexity index is 657. The van der Waals surface area contributed by atoms with E-state index >= 15 is 0 Å². The molecule has 0 amide bonds. The van der Waals surface area contributed by atoms with Crippen molar-refractivity contribution in [2.75, 3.05) is 0 Å². The number of oxime groups is 1. The van der Waals surface area contributed by atoms with Gasteiger partial charge in [0.25, 0.3) is 0 Å². The zero-order valence-corrected chi connectivity index (χ0v) is 11.6. The third-order valence-corrected chi connectivity index (χ3v) is 3.02. The lowest BCUT2D eigenvalue weighted by Crippen LogP contribution is -2.12. The van der Waals surface area contributed by atoms with Gasteiger partial charge in [-0.3, -0.25) is 0 Å². The maximum absolute atomic E-state index is 13.1. The summed E-state index contributed by atoms with van der Waals surface area (Å²) < 4.78 is 32.0. The van der Waals surface area contributed by atoms with E-state index in [1.54, 1.807) is 12.1 Å². The molecule has 4 nitrogen and oxygen atoms in total. The van der Waals surface area contributed by atoms with Crippen LogP contribution in [0.15, 0.2) is 46.0 Å². The van der Waals surface area contributed by atoms with Crippen LogP contribution < -0.4 is 10.5 Å². The molecule has 0 unspecified atom stereocenters. The van der Waals surface area contributed by atoms with Crippen LogP contribution in [0.4, 0.5) is 8.78 Å². The highest BCUT2D eigenvalue weighted by Crippen LogP contribution is 2.31. The number of hydrogen-bond acceptors (Lipinski definition) is 3. The van der Waals surface area contributed by atoms with Gasteiger partial charge in [0.1, 0.15) is 23.1 Å². The summed E-state index contributed by atoms with van der Waals surface area (Å²) in [4.78, 5) is 0. The summed E-state index contributed by atoms with van der Waals surface area (Å²) in [5, 5.41) is 11.4. The highest BCUT2D eigenvalue weighted by Gasteiger charge is 2.08. The third-order valence-electron chi connectivity index (χ3n) is 2.40. The van der Waals surface area contributed by atoms with Gasteiger partial charge in [0.05, 0.1) is 4.47 Å². The van der Waals surface area contributed by atoms with Crippen LogP contribution in [0.3, 0.4) is 0 Å². The normalized spacial score (nSPS) is 11.4. The van der Waals surface area contributed by atoms with E-state index in [0.717, 1.165) is 18.2 Å². The molecule has 0 aromatic heterocycles. The minimum atomic E-state index is -0.732. The van der Waals surface area contributed by atoms with Crippen LogP contribution in [0, 0.1) is 11.6 Å². The molecule has 0 aliphatic heterocycles. The molecule has 3 N–H and O–H groups in total. The van der Waals surface area contributed by atoms with Crippen molar-refractivity contribution in [3.63, 3.8) is 0 Å². The molecule has 0 saturated heterocycles. The molecular formula is C13H9BrF2N2O2. The Hall–Kier alpha value is -2.15. The molecule has 2 aromatic rings. The van der Waals surface area contributed by atoms with Gasteiger partial charge in [-0.2, -0.15) is 0 Å². The van der Waals surface area contributed by atoms with E-state index in [0.29, 0.717) is 15.8 Å². The van der Waals surface area contributed by atoms with Crippen LogP contribution >= 0.6 is 15.9 Å². The summed E-state index contributed by atoms with van der Waals surface area (Å²) in [5.74, 6) is -1.16. The first-order valence-electron chi connectivity index (χ1n) is 5.41. The second-order valence-corrected chi connectivity index (χ2v) is 4.69. The van der Waals surface area contributed by atoms with Gasteiger partial charge >= 0.3 is 0 Å². The molecule has 0 heterocycles. The van der Waals surface area contributed by atoms with Crippen LogP contribution in [0.2, 0.25) is 0 Å². The average Bonchev–Trinajstić information content (AvgIpc) is 2.39. The number of hydrogen-bond donors (Lipinski definition) is 2. The molecule has 20 heavy (non-hydrogen) atoms. The van der Waals surface area contributed by atoms with Crippen molar-refractivity contribution in [2.45, 2.75) is 0 Å². The first kappa shape index (κ1) is 14.3. The van der Waals surface area contributed by atoms with E-state index in [1.807, 2.05) is 0 Å². The summed E-state index contributed by atoms with van der Waals surface area (Å²) >= 11 is 3.23. The number of nitrogens with zero attached hydrogens (tertiary/aromatic N) is 1. The first-order valence-corrected chi connectivity index (χ1v) is 6.20. The number of amidine groups is 1. The molecule has 0 aliphatic carbocycles. The number of halogens is 3. The predicted octanol–water partition coefficient (Wildman–Crippen LogP) is 3.61. The Balaban J connectivity index is 2.30. The van der Waals surface area contributed by atoms with Crippen molar-refractivity contribution in [3.8, 4) is 11.5 Å². The number of rotatable bonds is 3. The minimum Gasteiger partial charge on any atom is -0.456 e. The lowest BCUT2D eigenvalue weighted by Gasteiger charge is -2.09. The molecule has 0 saturated carbocycles. The van der Waals surface area contributed by atoms with Gasteiger partial charge in [-0.1, -0.05) is 5.16 Å². The smallest absolute Gasteiger partial charge is 0.170 e. The summed E-state index contributed by atoms with van der Waals surface area (Å²) in [6.07, 6.45) is 0. The fourth-order valence-electron chi connectivity index (χ4n) is 1.52. The highest BCUT2D eigenvalue weighted by atomic mass is 79.9. The van der Waals surface area contributed by atoms with E-state index < -0.39 is 11.6 Å². The van der Waals surface area contributed by atoms with Crippen molar-refractivity contribution in [2.24, 2.45) is 10.9 Å². The van der Waals surface area contributed by atoms with Gasteiger partial charge in [-0.25, -0.2) is 8.78 Å². The maximum Gasteiger partial charge on any atom is 0.170 e. The summed E-state index contributed by atoms with van der Waals surface area (Å²) in [6, 6.07) is 7.51. The molecule has 0 fully saturated rings. The van der Waals surface area contributed by atoms with Crippen molar-refractivity contribution >= 4 is 21.8 Å². The van der Waals surface area contributed by atoms with Gasteiger partial charge in [-0.05, 0) is 34.1 Å². The maximum atomic E-state index is 13.1. The van der Waals surface area contributed by atoms with Gasteiger partial charge in [0, 0.05) is 23.8 Å². The quantitative estimate of drug-likeness (QED) is 0.387. The average molecular weight is 343 g/mol.